The number of phenolic OH excluding ortho intramolecular Hbond substituents is 1. The second kappa shape index (κ2) is 6.78. The number of carboxylic acids is 1. The van der Waals surface area contributed by atoms with Crippen molar-refractivity contribution in [2.45, 2.75) is 32.7 Å². The summed E-state index contributed by atoms with van der Waals surface area (Å²) in [6, 6.07) is 6.46. The Kier molecular flexibility index (Phi) is 5.36. The Morgan fingerprint density at radius 2 is 2.00 bits per heavy atom. The van der Waals surface area contributed by atoms with Crippen LogP contribution < -0.4 is 0 Å². The van der Waals surface area contributed by atoms with Gasteiger partial charge in [-0.1, -0.05) is 12.1 Å². The predicted molar refractivity (Wildman–Crippen MR) is 70.9 cm³/mol. The number of aromatic hydroxyl groups is 1. The number of hydrogen-bond acceptors (Lipinski definition) is 3. The number of carboxylic acid groups (broad SMARTS) is 1. The Labute approximate surface area is 112 Å². The lowest BCUT2D eigenvalue weighted by Gasteiger charge is -2.26. The minimum absolute atomic E-state index is 0.0517. The monoisotopic (exact) mass is 265 g/mol. The average molecular weight is 265 g/mol. The number of nitrogens with zero attached hydrogens (tertiary/aromatic N) is 1. The first-order chi connectivity index (χ1) is 8.90. The molecule has 5 nitrogen and oxygen atoms in total. The van der Waals surface area contributed by atoms with Crippen molar-refractivity contribution in [2.75, 3.05) is 6.54 Å². The fourth-order valence-corrected chi connectivity index (χ4v) is 1.83. The maximum atomic E-state index is 12.1. The topological polar surface area (TPSA) is 77.8 Å². The van der Waals surface area contributed by atoms with Gasteiger partial charge in [-0.2, -0.15) is 0 Å². The van der Waals surface area contributed by atoms with Crippen molar-refractivity contribution < 1.29 is 19.8 Å². The second-order valence-electron chi connectivity index (χ2n) is 4.67. The lowest BCUT2D eigenvalue weighted by atomic mass is 10.1. The van der Waals surface area contributed by atoms with E-state index in [1.807, 2.05) is 13.8 Å². The molecule has 0 saturated heterocycles. The van der Waals surface area contributed by atoms with E-state index in [0.717, 1.165) is 0 Å². The predicted octanol–water partition coefficient (Wildman–Crippen LogP) is 1.65. The molecule has 1 amide bonds. The van der Waals surface area contributed by atoms with Crippen molar-refractivity contribution in [3.8, 4) is 5.75 Å². The van der Waals surface area contributed by atoms with Gasteiger partial charge in [-0.15, -0.1) is 0 Å². The van der Waals surface area contributed by atoms with E-state index in [9.17, 15) is 14.7 Å². The van der Waals surface area contributed by atoms with Crippen LogP contribution in [0.25, 0.3) is 0 Å². The molecule has 0 unspecified atom stereocenters. The van der Waals surface area contributed by atoms with Crippen LogP contribution in [0, 0.1) is 0 Å². The molecule has 0 aliphatic rings. The maximum Gasteiger partial charge on any atom is 0.305 e. The number of aliphatic carboxylic acids is 1. The Morgan fingerprint density at radius 1 is 1.32 bits per heavy atom. The largest absolute Gasteiger partial charge is 0.508 e. The van der Waals surface area contributed by atoms with E-state index in [0.29, 0.717) is 5.56 Å². The summed E-state index contributed by atoms with van der Waals surface area (Å²) >= 11 is 0. The van der Waals surface area contributed by atoms with E-state index in [2.05, 4.69) is 0 Å². The zero-order valence-electron chi connectivity index (χ0n) is 11.2. The summed E-state index contributed by atoms with van der Waals surface area (Å²) in [7, 11) is 0. The molecule has 5 heteroatoms. The van der Waals surface area contributed by atoms with Crippen LogP contribution in [0.2, 0.25) is 0 Å². The lowest BCUT2D eigenvalue weighted by molar-refractivity contribution is -0.139. The average Bonchev–Trinajstić information content (AvgIpc) is 2.28. The van der Waals surface area contributed by atoms with Gasteiger partial charge in [0, 0.05) is 12.6 Å². The summed E-state index contributed by atoms with van der Waals surface area (Å²) in [4.78, 5) is 24.3. The van der Waals surface area contributed by atoms with Crippen molar-refractivity contribution in [3.05, 3.63) is 29.8 Å². The Balaban J connectivity index is 2.69. The molecule has 0 heterocycles. The molecule has 0 atom stereocenters. The van der Waals surface area contributed by atoms with Crippen molar-refractivity contribution >= 4 is 11.9 Å². The molecule has 1 rings (SSSR count). The quantitative estimate of drug-likeness (QED) is 0.819. The summed E-state index contributed by atoms with van der Waals surface area (Å²) in [6.45, 7) is 3.90. The maximum absolute atomic E-state index is 12.1. The van der Waals surface area contributed by atoms with E-state index in [4.69, 9.17) is 5.11 Å². The number of benzene rings is 1. The first kappa shape index (κ1) is 15.0. The van der Waals surface area contributed by atoms with Gasteiger partial charge in [0.1, 0.15) is 5.75 Å². The van der Waals surface area contributed by atoms with Gasteiger partial charge < -0.3 is 15.1 Å². The van der Waals surface area contributed by atoms with Crippen LogP contribution in [0.1, 0.15) is 25.8 Å². The van der Waals surface area contributed by atoms with Crippen molar-refractivity contribution in [1.82, 2.24) is 4.90 Å². The molecule has 1 aromatic carbocycles. The van der Waals surface area contributed by atoms with Crippen LogP contribution in [0.15, 0.2) is 24.3 Å². The van der Waals surface area contributed by atoms with Crippen LogP contribution in [-0.4, -0.2) is 39.6 Å². The fraction of sp³-hybridized carbons (Fsp3) is 0.429. The third-order valence-electron chi connectivity index (χ3n) is 2.78. The van der Waals surface area contributed by atoms with E-state index in [1.165, 1.54) is 11.0 Å². The van der Waals surface area contributed by atoms with E-state index < -0.39 is 5.97 Å². The molecule has 0 aromatic heterocycles. The van der Waals surface area contributed by atoms with Crippen LogP contribution in [0.3, 0.4) is 0 Å². The van der Waals surface area contributed by atoms with Gasteiger partial charge in [-0.25, -0.2) is 0 Å². The summed E-state index contributed by atoms with van der Waals surface area (Å²) in [5.41, 5.74) is 0.714. The minimum Gasteiger partial charge on any atom is -0.508 e. The molecular formula is C14H19NO4. The van der Waals surface area contributed by atoms with Gasteiger partial charge in [-0.3, -0.25) is 9.59 Å². The van der Waals surface area contributed by atoms with Crippen LogP contribution >= 0.6 is 0 Å². The number of amides is 1. The molecule has 0 bridgehead atoms. The highest BCUT2D eigenvalue weighted by Crippen LogP contribution is 2.13. The second-order valence-corrected chi connectivity index (χ2v) is 4.67. The number of rotatable bonds is 6. The SMILES string of the molecule is CC(C)N(CCC(=O)O)C(=O)Cc1cccc(O)c1. The third-order valence-corrected chi connectivity index (χ3v) is 2.78. The van der Waals surface area contributed by atoms with Crippen molar-refractivity contribution in [1.29, 1.82) is 0 Å². The van der Waals surface area contributed by atoms with Gasteiger partial charge >= 0.3 is 5.97 Å². The first-order valence-corrected chi connectivity index (χ1v) is 6.19. The number of phenols is 1. The van der Waals surface area contributed by atoms with Gasteiger partial charge in [0.05, 0.1) is 12.8 Å². The molecular weight excluding hydrogens is 246 g/mol. The highest BCUT2D eigenvalue weighted by Gasteiger charge is 2.18. The molecule has 1 aromatic rings. The molecule has 0 aliphatic carbocycles. The van der Waals surface area contributed by atoms with E-state index in [1.54, 1.807) is 18.2 Å². The minimum atomic E-state index is -0.921. The molecule has 19 heavy (non-hydrogen) atoms. The summed E-state index contributed by atoms with van der Waals surface area (Å²) in [5.74, 6) is -0.940. The van der Waals surface area contributed by atoms with Crippen LogP contribution in [-0.2, 0) is 16.0 Å². The van der Waals surface area contributed by atoms with Gasteiger partial charge in [-0.05, 0) is 31.5 Å². The smallest absolute Gasteiger partial charge is 0.305 e. The zero-order valence-corrected chi connectivity index (χ0v) is 11.2. The van der Waals surface area contributed by atoms with Crippen molar-refractivity contribution in [2.24, 2.45) is 0 Å². The normalized spacial score (nSPS) is 10.5. The van der Waals surface area contributed by atoms with Gasteiger partial charge in [0.15, 0.2) is 0 Å². The Hall–Kier alpha value is -2.04. The number of carbonyl (C=O) groups is 2. The molecule has 0 spiro atoms. The molecule has 0 aliphatic heterocycles. The number of hydrogen-bond donors (Lipinski definition) is 2. The third kappa shape index (κ3) is 4.99. The zero-order chi connectivity index (χ0) is 14.4. The first-order valence-electron chi connectivity index (χ1n) is 6.19. The van der Waals surface area contributed by atoms with E-state index >= 15 is 0 Å². The fourth-order valence-electron chi connectivity index (χ4n) is 1.83. The van der Waals surface area contributed by atoms with Crippen molar-refractivity contribution in [3.63, 3.8) is 0 Å². The molecule has 0 radical (unpaired) electrons. The molecule has 104 valence electrons. The van der Waals surface area contributed by atoms with Gasteiger partial charge in [0.2, 0.25) is 5.91 Å². The van der Waals surface area contributed by atoms with Crippen LogP contribution in [0.5, 0.6) is 5.75 Å². The Bertz CT molecular complexity index is 457. The van der Waals surface area contributed by atoms with E-state index in [-0.39, 0.29) is 37.1 Å². The van der Waals surface area contributed by atoms with Gasteiger partial charge in [0.25, 0.3) is 0 Å². The summed E-state index contributed by atoms with van der Waals surface area (Å²) in [6.07, 6.45) is 0.0934. The standard InChI is InChI=1S/C14H19NO4/c1-10(2)15(7-6-14(18)19)13(17)9-11-4-3-5-12(16)8-11/h3-5,8,10,16H,6-7,9H2,1-2H3,(H,18,19). The summed E-state index contributed by atoms with van der Waals surface area (Å²) in [5, 5.41) is 18.0. The number of carbonyl (C=O) groups excluding carboxylic acids is 1. The molecule has 0 saturated carbocycles. The highest BCUT2D eigenvalue weighted by molar-refractivity contribution is 5.79. The lowest BCUT2D eigenvalue weighted by Crippen LogP contribution is -2.39. The van der Waals surface area contributed by atoms with Crippen LogP contribution in [0.4, 0.5) is 0 Å². The molecule has 0 fully saturated rings. The molecule has 2 N–H and O–H groups in total. The summed E-state index contributed by atoms with van der Waals surface area (Å²) < 4.78 is 0. The Morgan fingerprint density at radius 3 is 2.53 bits per heavy atom. The highest BCUT2D eigenvalue weighted by atomic mass is 16.4.